The minimum absolute atomic E-state index is 0.0923. The Morgan fingerprint density at radius 1 is 1.44 bits per heavy atom. The van der Waals surface area contributed by atoms with Crippen LogP contribution in [-0.4, -0.2) is 31.3 Å². The molecule has 0 bridgehead atoms. The van der Waals surface area contributed by atoms with Crippen LogP contribution in [0.4, 0.5) is 0 Å². The number of carboxylic acids is 1. The van der Waals surface area contributed by atoms with Gasteiger partial charge in [-0.05, 0) is 25.5 Å². The Labute approximate surface area is 106 Å². The van der Waals surface area contributed by atoms with Gasteiger partial charge in [-0.2, -0.15) is 0 Å². The van der Waals surface area contributed by atoms with Crippen molar-refractivity contribution in [1.82, 2.24) is 0 Å². The first-order valence-corrected chi connectivity index (χ1v) is 7.13. The number of carbonyl (C=O) groups is 1. The van der Waals surface area contributed by atoms with Gasteiger partial charge >= 0.3 is 5.97 Å². The van der Waals surface area contributed by atoms with Gasteiger partial charge in [0, 0.05) is 6.54 Å². The van der Waals surface area contributed by atoms with E-state index in [1.807, 2.05) is 6.92 Å². The average molecular weight is 269 g/mol. The standard InChI is InChI=1S/C12H15NO4S/c1-8-2-4-9(5-3-8)18(16,17)10-6-12(10,7-13)11(14)15/h2-5,10H,6-7,13H2,1H3,(H,14,15)/t10-,12+/m0/s1. The summed E-state index contributed by atoms with van der Waals surface area (Å²) in [4.78, 5) is 11.3. The van der Waals surface area contributed by atoms with E-state index in [1.165, 1.54) is 12.1 Å². The van der Waals surface area contributed by atoms with Crippen LogP contribution in [0.5, 0.6) is 0 Å². The Balaban J connectivity index is 2.35. The van der Waals surface area contributed by atoms with Crippen LogP contribution in [0, 0.1) is 12.3 Å². The summed E-state index contributed by atoms with van der Waals surface area (Å²) >= 11 is 0. The minimum Gasteiger partial charge on any atom is -0.481 e. The van der Waals surface area contributed by atoms with E-state index in [2.05, 4.69) is 0 Å². The van der Waals surface area contributed by atoms with Gasteiger partial charge in [0.05, 0.1) is 15.6 Å². The Morgan fingerprint density at radius 2 is 2.00 bits per heavy atom. The molecule has 1 fully saturated rings. The second kappa shape index (κ2) is 4.07. The Hall–Kier alpha value is -1.40. The number of rotatable bonds is 4. The fraction of sp³-hybridized carbons (Fsp3) is 0.417. The number of aliphatic carboxylic acids is 1. The molecule has 98 valence electrons. The van der Waals surface area contributed by atoms with Crippen LogP contribution in [0.1, 0.15) is 12.0 Å². The van der Waals surface area contributed by atoms with E-state index in [1.54, 1.807) is 12.1 Å². The molecule has 0 unspecified atom stereocenters. The highest BCUT2D eigenvalue weighted by atomic mass is 32.2. The third kappa shape index (κ3) is 1.81. The molecule has 1 saturated carbocycles. The Bertz CT molecular complexity index is 579. The normalized spacial score (nSPS) is 26.9. The molecule has 2 rings (SSSR count). The maximum atomic E-state index is 12.3. The number of aryl methyl sites for hydroxylation is 1. The fourth-order valence-electron chi connectivity index (χ4n) is 2.10. The van der Waals surface area contributed by atoms with Crippen molar-refractivity contribution in [3.63, 3.8) is 0 Å². The fourth-order valence-corrected chi connectivity index (χ4v) is 4.25. The number of sulfone groups is 1. The molecule has 5 nitrogen and oxygen atoms in total. The summed E-state index contributed by atoms with van der Waals surface area (Å²) in [6, 6.07) is 6.40. The number of nitrogens with two attached hydrogens (primary N) is 1. The minimum atomic E-state index is -3.61. The second-order valence-electron chi connectivity index (χ2n) is 4.72. The van der Waals surface area contributed by atoms with Crippen LogP contribution < -0.4 is 5.73 Å². The maximum absolute atomic E-state index is 12.3. The zero-order valence-corrected chi connectivity index (χ0v) is 10.8. The van der Waals surface area contributed by atoms with Crippen LogP contribution in [-0.2, 0) is 14.6 Å². The Morgan fingerprint density at radius 3 is 2.39 bits per heavy atom. The van der Waals surface area contributed by atoms with Crippen LogP contribution in [0.25, 0.3) is 0 Å². The molecule has 2 atom stereocenters. The molecule has 1 aliphatic rings. The monoisotopic (exact) mass is 269 g/mol. The lowest BCUT2D eigenvalue weighted by atomic mass is 10.1. The molecular formula is C12H15NO4S. The highest BCUT2D eigenvalue weighted by molar-refractivity contribution is 7.92. The molecule has 0 aliphatic heterocycles. The van der Waals surface area contributed by atoms with Crippen molar-refractivity contribution in [3.05, 3.63) is 29.8 Å². The van der Waals surface area contributed by atoms with Gasteiger partial charge in [-0.25, -0.2) is 8.42 Å². The Kier molecular flexibility index (Phi) is 2.95. The predicted molar refractivity (Wildman–Crippen MR) is 65.9 cm³/mol. The third-order valence-corrected chi connectivity index (χ3v) is 5.82. The van der Waals surface area contributed by atoms with Crippen molar-refractivity contribution in [2.45, 2.75) is 23.5 Å². The van der Waals surface area contributed by atoms with E-state index < -0.39 is 26.5 Å². The van der Waals surface area contributed by atoms with Gasteiger partial charge in [0.2, 0.25) is 0 Å². The van der Waals surface area contributed by atoms with Gasteiger partial charge < -0.3 is 10.8 Å². The van der Waals surface area contributed by atoms with Gasteiger partial charge in [-0.3, -0.25) is 4.79 Å². The van der Waals surface area contributed by atoms with Gasteiger partial charge in [0.25, 0.3) is 0 Å². The topological polar surface area (TPSA) is 97.5 Å². The first-order chi connectivity index (χ1) is 8.34. The van der Waals surface area contributed by atoms with Crippen molar-refractivity contribution in [1.29, 1.82) is 0 Å². The number of hydrogen-bond donors (Lipinski definition) is 2. The molecule has 0 heterocycles. The lowest BCUT2D eigenvalue weighted by Gasteiger charge is -2.10. The molecule has 0 spiro atoms. The molecular weight excluding hydrogens is 254 g/mol. The molecule has 6 heteroatoms. The van der Waals surface area contributed by atoms with E-state index in [4.69, 9.17) is 10.8 Å². The summed E-state index contributed by atoms with van der Waals surface area (Å²) in [6.07, 6.45) is 0.0923. The number of hydrogen-bond acceptors (Lipinski definition) is 4. The number of carboxylic acid groups (broad SMARTS) is 1. The van der Waals surface area contributed by atoms with Crippen molar-refractivity contribution >= 4 is 15.8 Å². The predicted octanol–water partition coefficient (Wildman–Crippen LogP) is 0.571. The van der Waals surface area contributed by atoms with Crippen LogP contribution >= 0.6 is 0 Å². The van der Waals surface area contributed by atoms with Crippen molar-refractivity contribution in [3.8, 4) is 0 Å². The van der Waals surface area contributed by atoms with Gasteiger partial charge in [-0.1, -0.05) is 17.7 Å². The third-order valence-electron chi connectivity index (χ3n) is 3.52. The van der Waals surface area contributed by atoms with Crippen LogP contribution in [0.2, 0.25) is 0 Å². The summed E-state index contributed by atoms with van der Waals surface area (Å²) in [5.74, 6) is -1.13. The molecule has 0 saturated heterocycles. The molecule has 1 aromatic carbocycles. The first kappa shape index (κ1) is 13.0. The smallest absolute Gasteiger partial charge is 0.312 e. The summed E-state index contributed by atoms with van der Waals surface area (Å²) in [5, 5.41) is 8.18. The molecule has 18 heavy (non-hydrogen) atoms. The quantitative estimate of drug-likeness (QED) is 0.832. The van der Waals surface area contributed by atoms with Crippen LogP contribution in [0.3, 0.4) is 0 Å². The average Bonchev–Trinajstić information content (AvgIpc) is 3.06. The van der Waals surface area contributed by atoms with Gasteiger partial charge in [0.1, 0.15) is 0 Å². The molecule has 1 aromatic rings. The molecule has 1 aliphatic carbocycles. The van der Waals surface area contributed by atoms with E-state index in [9.17, 15) is 13.2 Å². The molecule has 0 amide bonds. The second-order valence-corrected chi connectivity index (χ2v) is 6.85. The summed E-state index contributed by atoms with van der Waals surface area (Å²) in [5.41, 5.74) is 5.06. The largest absolute Gasteiger partial charge is 0.481 e. The zero-order chi connectivity index (χ0) is 13.6. The first-order valence-electron chi connectivity index (χ1n) is 5.58. The summed E-state index contributed by atoms with van der Waals surface area (Å²) < 4.78 is 24.5. The molecule has 0 aromatic heterocycles. The van der Waals surface area contributed by atoms with E-state index >= 15 is 0 Å². The lowest BCUT2D eigenvalue weighted by molar-refractivity contribution is -0.142. The van der Waals surface area contributed by atoms with E-state index in [0.29, 0.717) is 0 Å². The van der Waals surface area contributed by atoms with E-state index in [0.717, 1.165) is 5.56 Å². The highest BCUT2D eigenvalue weighted by Gasteiger charge is 2.66. The van der Waals surface area contributed by atoms with Crippen LogP contribution in [0.15, 0.2) is 29.2 Å². The lowest BCUT2D eigenvalue weighted by Crippen LogP contribution is -2.31. The number of benzene rings is 1. The highest BCUT2D eigenvalue weighted by Crippen LogP contribution is 2.52. The zero-order valence-electron chi connectivity index (χ0n) is 9.96. The van der Waals surface area contributed by atoms with Gasteiger partial charge in [-0.15, -0.1) is 0 Å². The maximum Gasteiger partial charge on any atom is 0.312 e. The van der Waals surface area contributed by atoms with Gasteiger partial charge in [0.15, 0.2) is 9.84 Å². The van der Waals surface area contributed by atoms with E-state index in [-0.39, 0.29) is 17.9 Å². The van der Waals surface area contributed by atoms with Crippen molar-refractivity contribution in [2.24, 2.45) is 11.1 Å². The molecule has 0 radical (unpaired) electrons. The summed E-state index contributed by atoms with van der Waals surface area (Å²) in [6.45, 7) is 1.70. The summed E-state index contributed by atoms with van der Waals surface area (Å²) in [7, 11) is -3.61. The van der Waals surface area contributed by atoms with Crippen molar-refractivity contribution < 1.29 is 18.3 Å². The van der Waals surface area contributed by atoms with Crippen molar-refractivity contribution in [2.75, 3.05) is 6.54 Å². The SMILES string of the molecule is Cc1ccc(S(=O)(=O)[C@H]2C[C@]2(CN)C(=O)O)cc1. The molecule has 3 N–H and O–H groups in total.